The first-order valence-electron chi connectivity index (χ1n) is 20.2. The average Bonchev–Trinajstić information content (AvgIpc) is 3.82. The average molecular weight is 826 g/mol. The highest BCUT2D eigenvalue weighted by Gasteiger charge is 2.58. The van der Waals surface area contributed by atoms with E-state index in [4.69, 9.17) is 19.4 Å². The number of hydrogen-bond donors (Lipinski definition) is 0. The lowest BCUT2D eigenvalue weighted by atomic mass is 9.84. The minimum atomic E-state index is -1.23. The summed E-state index contributed by atoms with van der Waals surface area (Å²) in [6, 6.07) is 10.5. The van der Waals surface area contributed by atoms with Crippen molar-refractivity contribution in [3.05, 3.63) is 58.2 Å². The predicted octanol–water partition coefficient (Wildman–Crippen LogP) is 6.69. The first-order valence-corrected chi connectivity index (χ1v) is 22.0. The first kappa shape index (κ1) is 40.2. The molecule has 0 aliphatic carbocycles. The number of hydrogen-bond acceptors (Lipinski definition) is 11. The van der Waals surface area contributed by atoms with E-state index in [0.717, 1.165) is 49.7 Å². The maximum atomic E-state index is 14.8. The number of fused-ring (bicyclic) bond motifs is 5. The van der Waals surface area contributed by atoms with Crippen LogP contribution in [0.5, 0.6) is 0 Å². The Kier molecular flexibility index (Phi) is 11.0. The number of thiazole rings is 1. The molecule has 13 nitrogen and oxygen atoms in total. The molecule has 1 aromatic carbocycles. The van der Waals surface area contributed by atoms with E-state index in [2.05, 4.69) is 54.7 Å². The van der Waals surface area contributed by atoms with Gasteiger partial charge in [-0.1, -0.05) is 19.9 Å². The summed E-state index contributed by atoms with van der Waals surface area (Å²) in [5.74, 6) is -0.909. The molecule has 58 heavy (non-hydrogen) atoms. The van der Waals surface area contributed by atoms with Gasteiger partial charge in [0.1, 0.15) is 5.71 Å². The second kappa shape index (κ2) is 15.9. The Morgan fingerprint density at radius 2 is 1.90 bits per heavy atom. The van der Waals surface area contributed by atoms with Crippen molar-refractivity contribution in [3.63, 3.8) is 0 Å². The van der Waals surface area contributed by atoms with Crippen LogP contribution < -0.4 is 0 Å². The van der Waals surface area contributed by atoms with Crippen LogP contribution in [0.4, 0.5) is 0 Å². The third-order valence-electron chi connectivity index (χ3n) is 12.1. The number of aromatic nitrogens is 3. The molecule has 7 heterocycles. The van der Waals surface area contributed by atoms with Crippen LogP contribution in [0, 0.1) is 11.3 Å². The molecule has 4 aromatic rings. The number of carbonyl (C=O) groups excluding carboxylic acids is 4. The highest BCUT2D eigenvalue weighted by molar-refractivity contribution is 7.99. The van der Waals surface area contributed by atoms with Gasteiger partial charge in [0, 0.05) is 104 Å². The molecule has 4 aliphatic rings. The van der Waals surface area contributed by atoms with Crippen molar-refractivity contribution >= 4 is 63.6 Å². The molecule has 6 bridgehead atoms. The zero-order valence-electron chi connectivity index (χ0n) is 34.1. The number of carbonyl (C=O) groups is 4. The largest absolute Gasteiger partial charge is 0.461 e. The Labute approximate surface area is 347 Å². The molecule has 0 unspecified atom stereocenters. The van der Waals surface area contributed by atoms with Gasteiger partial charge in [-0.15, -0.1) is 11.3 Å². The molecule has 306 valence electrons. The Bertz CT molecular complexity index is 2310. The molecule has 4 aliphatic heterocycles. The molecule has 3 amide bonds. The van der Waals surface area contributed by atoms with Crippen LogP contribution >= 0.6 is 23.3 Å². The number of aryl methyl sites for hydroxylation is 1. The summed E-state index contributed by atoms with van der Waals surface area (Å²) in [4.78, 5) is 66.6. The fourth-order valence-electron chi connectivity index (χ4n) is 8.79. The van der Waals surface area contributed by atoms with Gasteiger partial charge in [0.25, 0.3) is 5.91 Å². The molecule has 0 N–H and O–H groups in total. The summed E-state index contributed by atoms with van der Waals surface area (Å²) < 4.78 is 15.8. The zero-order chi connectivity index (χ0) is 40.9. The van der Waals surface area contributed by atoms with Gasteiger partial charge >= 0.3 is 5.97 Å². The van der Waals surface area contributed by atoms with Crippen molar-refractivity contribution in [1.29, 1.82) is 0 Å². The van der Waals surface area contributed by atoms with E-state index in [-0.39, 0.29) is 48.5 Å². The van der Waals surface area contributed by atoms with Gasteiger partial charge in [-0.05, 0) is 81.3 Å². The molecular formula is C43H51N7O6S2. The Morgan fingerprint density at radius 1 is 1.10 bits per heavy atom. The van der Waals surface area contributed by atoms with Crippen molar-refractivity contribution < 1.29 is 28.7 Å². The molecule has 8 rings (SSSR count). The zero-order valence-corrected chi connectivity index (χ0v) is 35.7. The van der Waals surface area contributed by atoms with E-state index in [1.165, 1.54) is 28.3 Å². The minimum Gasteiger partial charge on any atom is -0.461 e. The normalized spacial score (nSPS) is 22.0. The number of nitrogens with zero attached hydrogens (tertiary/aromatic N) is 7. The summed E-state index contributed by atoms with van der Waals surface area (Å²) in [5.41, 5.74) is 5.29. The van der Waals surface area contributed by atoms with Crippen molar-refractivity contribution in [2.75, 3.05) is 39.1 Å². The molecule has 2 saturated heterocycles. The standard InChI is InChI=1S/C43H51N7O6S2/c1-7-48-35-13-12-29-20-31(35)32(38(48)30-10-8-16-44-37(30)26(2)55-6)21-42(4,5)24-56-40(53)33-11-9-17-49(46-33)41(54)43(22-36-45-34(29)23-57-36)25-58-50(43)39(52)28-14-18-47(19-15-28)27(3)51/h8,10,12-13,16,20,23,26,28H,7,9,11,14-15,17-19,21-22,24-25H2,1-6H3/t26-,43+/m0/s1. The number of benzene rings is 1. The van der Waals surface area contributed by atoms with E-state index >= 15 is 0 Å². The van der Waals surface area contributed by atoms with Gasteiger partial charge in [-0.2, -0.15) is 5.10 Å². The number of likely N-dealkylation sites (tertiary alicyclic amines) is 1. The Morgan fingerprint density at radius 3 is 2.60 bits per heavy atom. The smallest absolute Gasteiger partial charge is 0.354 e. The molecule has 2 atom stereocenters. The summed E-state index contributed by atoms with van der Waals surface area (Å²) in [5, 5.41) is 9.86. The molecule has 0 saturated carbocycles. The van der Waals surface area contributed by atoms with Gasteiger partial charge in [-0.25, -0.2) is 14.8 Å². The summed E-state index contributed by atoms with van der Waals surface area (Å²) >= 11 is 2.83. The van der Waals surface area contributed by atoms with Crippen molar-refractivity contribution in [3.8, 4) is 22.5 Å². The van der Waals surface area contributed by atoms with Crippen molar-refractivity contribution in [1.82, 2.24) is 28.7 Å². The van der Waals surface area contributed by atoms with Crippen LogP contribution in [-0.4, -0.2) is 103 Å². The number of amides is 3. The van der Waals surface area contributed by atoms with E-state index in [0.29, 0.717) is 64.0 Å². The topological polar surface area (TPSA) is 140 Å². The van der Waals surface area contributed by atoms with Gasteiger partial charge in [0.05, 0.1) is 34.8 Å². The third-order valence-corrected chi connectivity index (χ3v) is 14.3. The Hall–Kier alpha value is -4.60. The molecule has 1 spiro atoms. The lowest BCUT2D eigenvalue weighted by molar-refractivity contribution is -0.151. The lowest BCUT2D eigenvalue weighted by Gasteiger charge is -2.52. The minimum absolute atomic E-state index is 0.00162. The molecule has 3 aromatic heterocycles. The molecule has 2 fully saturated rings. The van der Waals surface area contributed by atoms with Gasteiger partial charge in [0.2, 0.25) is 11.8 Å². The number of methoxy groups -OCH3 is 1. The highest BCUT2D eigenvalue weighted by atomic mass is 32.2. The number of piperidine rings is 1. The van der Waals surface area contributed by atoms with Crippen LogP contribution in [0.3, 0.4) is 0 Å². The van der Waals surface area contributed by atoms with Crippen LogP contribution in [0.15, 0.2) is 47.0 Å². The second-order valence-corrected chi connectivity index (χ2v) is 18.5. The van der Waals surface area contributed by atoms with Crippen molar-refractivity contribution in [2.24, 2.45) is 16.4 Å². The van der Waals surface area contributed by atoms with E-state index in [1.54, 1.807) is 29.4 Å². The summed E-state index contributed by atoms with van der Waals surface area (Å²) in [7, 11) is 1.69. The van der Waals surface area contributed by atoms with E-state index in [9.17, 15) is 19.2 Å². The first-order chi connectivity index (χ1) is 27.8. The van der Waals surface area contributed by atoms with Crippen molar-refractivity contribution in [2.45, 2.75) is 91.3 Å². The van der Waals surface area contributed by atoms with Gasteiger partial charge in [0.15, 0.2) is 5.54 Å². The second-order valence-electron chi connectivity index (χ2n) is 16.6. The maximum absolute atomic E-state index is 14.8. The number of rotatable bonds is 5. The van der Waals surface area contributed by atoms with Crippen LogP contribution in [0.1, 0.15) is 82.7 Å². The lowest BCUT2D eigenvalue weighted by Crippen LogP contribution is -2.69. The Balaban J connectivity index is 1.24. The molecule has 15 heteroatoms. The number of ether oxygens (including phenoxy) is 2. The quantitative estimate of drug-likeness (QED) is 0.159. The van der Waals surface area contributed by atoms with E-state index < -0.39 is 16.9 Å². The maximum Gasteiger partial charge on any atom is 0.354 e. The van der Waals surface area contributed by atoms with Crippen LogP contribution in [-0.2, 0) is 48.0 Å². The monoisotopic (exact) mass is 825 g/mol. The van der Waals surface area contributed by atoms with Crippen LogP contribution in [0.2, 0.25) is 0 Å². The predicted molar refractivity (Wildman–Crippen MR) is 225 cm³/mol. The number of pyridine rings is 1. The fourth-order valence-corrected chi connectivity index (χ4v) is 10.9. The molecular weight excluding hydrogens is 775 g/mol. The summed E-state index contributed by atoms with van der Waals surface area (Å²) in [6.07, 6.45) is 4.36. The van der Waals surface area contributed by atoms with E-state index in [1.807, 2.05) is 18.4 Å². The number of esters is 1. The fraction of sp³-hybridized carbons (Fsp3) is 0.512. The van der Waals surface area contributed by atoms with Crippen LogP contribution in [0.25, 0.3) is 33.4 Å². The highest BCUT2D eigenvalue weighted by Crippen LogP contribution is 2.46. The number of cyclic esters (lactones) is 1. The van der Waals surface area contributed by atoms with Gasteiger partial charge < -0.3 is 18.9 Å². The third kappa shape index (κ3) is 7.23. The SMILES string of the molecule is CCn1c(-c2cccnc2[C@H](C)OC)c2c3cc(ccc31)-c1csc(n1)C[C@@]1(CSN1C(=O)C1CCN(C(C)=O)CC1)C(=O)N1CCCC(=N1)C(=O)OCC(C)(C)C2. The molecule has 0 radical (unpaired) electrons. The van der Waals surface area contributed by atoms with Gasteiger partial charge in [-0.3, -0.25) is 23.7 Å². The summed E-state index contributed by atoms with van der Waals surface area (Å²) in [6.45, 7) is 12.1. The number of hydrazone groups is 1.